The van der Waals surface area contributed by atoms with Gasteiger partial charge in [0.05, 0.1) is 13.2 Å². The molecule has 0 heterocycles. The van der Waals surface area contributed by atoms with Gasteiger partial charge in [-0.1, -0.05) is 196 Å². The number of rotatable bonds is 41. The minimum atomic E-state index is -0.581. The maximum absolute atomic E-state index is 12.7. The van der Waals surface area contributed by atoms with Crippen molar-refractivity contribution in [2.45, 2.75) is 207 Å². The SMILES string of the molecule is CC/C=C\C/C=C\C/C=C\C/C=C\C/C=C\CCOCC(COC(=O)CCCCCCC/C=C\C/C=C\CCC)OC(=O)CCCCCCCCCCCCC. The van der Waals surface area contributed by atoms with E-state index in [1.807, 2.05) is 0 Å². The van der Waals surface area contributed by atoms with Crippen molar-refractivity contribution >= 4 is 11.9 Å². The first kappa shape index (κ1) is 53.1. The zero-order valence-corrected chi connectivity index (χ0v) is 36.6. The summed E-state index contributed by atoms with van der Waals surface area (Å²) in [4.78, 5) is 25.2. The number of hydrogen-bond acceptors (Lipinski definition) is 5. The van der Waals surface area contributed by atoms with Gasteiger partial charge in [-0.25, -0.2) is 0 Å². The Morgan fingerprint density at radius 3 is 1.36 bits per heavy atom. The van der Waals surface area contributed by atoms with E-state index < -0.39 is 6.10 Å². The van der Waals surface area contributed by atoms with Crippen LogP contribution in [0.4, 0.5) is 0 Å². The lowest BCUT2D eigenvalue weighted by molar-refractivity contribution is -0.162. The molecular weight excluding hydrogens is 693 g/mol. The summed E-state index contributed by atoms with van der Waals surface area (Å²) in [6.07, 6.45) is 60.3. The normalized spacial score (nSPS) is 13.0. The quantitative estimate of drug-likeness (QED) is 0.0351. The summed E-state index contributed by atoms with van der Waals surface area (Å²) in [5, 5.41) is 0. The highest BCUT2D eigenvalue weighted by molar-refractivity contribution is 5.70. The Kier molecular flexibility index (Phi) is 44.0. The zero-order chi connectivity index (χ0) is 40.7. The second-order valence-corrected chi connectivity index (χ2v) is 14.9. The van der Waals surface area contributed by atoms with Crippen LogP contribution in [0.3, 0.4) is 0 Å². The van der Waals surface area contributed by atoms with Crippen LogP contribution in [0.1, 0.15) is 201 Å². The van der Waals surface area contributed by atoms with Crippen molar-refractivity contribution < 1.29 is 23.8 Å². The zero-order valence-electron chi connectivity index (χ0n) is 36.6. The maximum atomic E-state index is 12.7. The van der Waals surface area contributed by atoms with Crippen LogP contribution in [-0.2, 0) is 23.8 Å². The van der Waals surface area contributed by atoms with Crippen LogP contribution in [0, 0.1) is 0 Å². The summed E-state index contributed by atoms with van der Waals surface area (Å²) < 4.78 is 17.2. The molecule has 320 valence electrons. The van der Waals surface area contributed by atoms with E-state index >= 15 is 0 Å². The molecule has 1 atom stereocenters. The fourth-order valence-corrected chi connectivity index (χ4v) is 6.02. The van der Waals surface area contributed by atoms with Crippen molar-refractivity contribution in [1.29, 1.82) is 0 Å². The minimum Gasteiger partial charge on any atom is -0.462 e. The maximum Gasteiger partial charge on any atom is 0.306 e. The summed E-state index contributed by atoms with van der Waals surface area (Å²) in [6.45, 7) is 7.41. The lowest BCUT2D eigenvalue weighted by Crippen LogP contribution is -2.30. The fraction of sp³-hybridized carbons (Fsp3) is 0.686. The number of carbonyl (C=O) groups is 2. The van der Waals surface area contributed by atoms with Crippen LogP contribution in [0.25, 0.3) is 0 Å². The van der Waals surface area contributed by atoms with E-state index in [2.05, 4.69) is 106 Å². The second-order valence-electron chi connectivity index (χ2n) is 14.9. The average Bonchev–Trinajstić information content (AvgIpc) is 3.20. The molecule has 0 fully saturated rings. The van der Waals surface area contributed by atoms with Gasteiger partial charge in [0.25, 0.3) is 0 Å². The van der Waals surface area contributed by atoms with Gasteiger partial charge in [-0.2, -0.15) is 0 Å². The summed E-state index contributed by atoms with van der Waals surface area (Å²) in [5.41, 5.74) is 0. The number of hydrogen-bond donors (Lipinski definition) is 0. The molecule has 0 aliphatic rings. The van der Waals surface area contributed by atoms with Crippen LogP contribution in [-0.4, -0.2) is 37.9 Å². The van der Waals surface area contributed by atoms with Crippen LogP contribution in [0.15, 0.2) is 85.1 Å². The first-order chi connectivity index (χ1) is 27.6. The summed E-state index contributed by atoms with van der Waals surface area (Å²) in [5.74, 6) is -0.458. The largest absolute Gasteiger partial charge is 0.462 e. The lowest BCUT2D eigenvalue weighted by atomic mass is 10.1. The highest BCUT2D eigenvalue weighted by atomic mass is 16.6. The third-order valence-corrected chi connectivity index (χ3v) is 9.42. The molecule has 0 rings (SSSR count). The molecule has 1 unspecified atom stereocenters. The van der Waals surface area contributed by atoms with Crippen molar-refractivity contribution in [2.24, 2.45) is 0 Å². The van der Waals surface area contributed by atoms with Crippen LogP contribution in [0.5, 0.6) is 0 Å². The Morgan fingerprint density at radius 2 is 0.839 bits per heavy atom. The van der Waals surface area contributed by atoms with Gasteiger partial charge >= 0.3 is 11.9 Å². The number of allylic oxidation sites excluding steroid dienone is 13. The summed E-state index contributed by atoms with van der Waals surface area (Å²) in [6, 6.07) is 0. The fourth-order valence-electron chi connectivity index (χ4n) is 6.02. The highest BCUT2D eigenvalue weighted by Crippen LogP contribution is 2.13. The molecule has 0 saturated carbocycles. The van der Waals surface area contributed by atoms with E-state index in [1.165, 1.54) is 70.6 Å². The Bertz CT molecular complexity index is 1060. The van der Waals surface area contributed by atoms with Gasteiger partial charge in [0.1, 0.15) is 6.61 Å². The summed E-state index contributed by atoms with van der Waals surface area (Å²) >= 11 is 0. The van der Waals surface area contributed by atoms with Gasteiger partial charge in [-0.3, -0.25) is 9.59 Å². The van der Waals surface area contributed by atoms with Crippen LogP contribution in [0.2, 0.25) is 0 Å². The van der Waals surface area contributed by atoms with Gasteiger partial charge in [0.15, 0.2) is 6.10 Å². The van der Waals surface area contributed by atoms with Crippen LogP contribution < -0.4 is 0 Å². The Hall–Kier alpha value is -2.92. The van der Waals surface area contributed by atoms with E-state index in [9.17, 15) is 9.59 Å². The Balaban J connectivity index is 4.40. The molecule has 5 heteroatoms. The van der Waals surface area contributed by atoms with Crippen LogP contribution >= 0.6 is 0 Å². The van der Waals surface area contributed by atoms with Crippen molar-refractivity contribution in [1.82, 2.24) is 0 Å². The monoisotopic (exact) mass is 779 g/mol. The second kappa shape index (κ2) is 46.5. The smallest absolute Gasteiger partial charge is 0.306 e. The minimum absolute atomic E-state index is 0.0461. The molecule has 0 N–H and O–H groups in total. The lowest BCUT2D eigenvalue weighted by Gasteiger charge is -2.18. The van der Waals surface area contributed by atoms with E-state index in [-0.39, 0.29) is 25.2 Å². The third kappa shape index (κ3) is 43.8. The molecule has 56 heavy (non-hydrogen) atoms. The molecule has 0 radical (unpaired) electrons. The Labute approximate surface area is 346 Å². The van der Waals surface area contributed by atoms with Gasteiger partial charge in [0, 0.05) is 12.8 Å². The van der Waals surface area contributed by atoms with Crippen molar-refractivity contribution in [2.75, 3.05) is 19.8 Å². The van der Waals surface area contributed by atoms with E-state index in [4.69, 9.17) is 14.2 Å². The molecule has 0 bridgehead atoms. The van der Waals surface area contributed by atoms with Gasteiger partial charge < -0.3 is 14.2 Å². The summed E-state index contributed by atoms with van der Waals surface area (Å²) in [7, 11) is 0. The van der Waals surface area contributed by atoms with E-state index in [0.29, 0.717) is 19.4 Å². The van der Waals surface area contributed by atoms with Gasteiger partial charge in [-0.15, -0.1) is 0 Å². The van der Waals surface area contributed by atoms with Crippen molar-refractivity contribution in [3.63, 3.8) is 0 Å². The predicted octanol–water partition coefficient (Wildman–Crippen LogP) is 15.3. The molecule has 5 nitrogen and oxygen atoms in total. The van der Waals surface area contributed by atoms with E-state index in [1.54, 1.807) is 0 Å². The van der Waals surface area contributed by atoms with Gasteiger partial charge in [-0.05, 0) is 77.0 Å². The first-order valence-corrected chi connectivity index (χ1v) is 23.1. The highest BCUT2D eigenvalue weighted by Gasteiger charge is 2.17. The van der Waals surface area contributed by atoms with E-state index in [0.717, 1.165) is 96.3 Å². The van der Waals surface area contributed by atoms with Crippen molar-refractivity contribution in [3.05, 3.63) is 85.1 Å². The molecule has 0 aromatic rings. The number of carbonyl (C=O) groups excluding carboxylic acids is 2. The molecule has 0 aromatic heterocycles. The topological polar surface area (TPSA) is 61.8 Å². The van der Waals surface area contributed by atoms with Gasteiger partial charge in [0.2, 0.25) is 0 Å². The third-order valence-electron chi connectivity index (χ3n) is 9.42. The average molecular weight is 779 g/mol. The number of ether oxygens (including phenoxy) is 3. The standard InChI is InChI=1S/C51H86O5/c1-4-7-10-13-16-19-22-24-25-26-28-31-34-37-40-43-46-54-47-49(56-51(53)45-42-39-36-33-29-21-18-15-12-9-6-3)48-55-50(52)44-41-38-35-32-30-27-23-20-17-14-11-8-5-2/h7,10-11,14,16,19-20,23-25,28,31,37,40,49H,4-6,8-9,12-13,15,17-18,21-22,26-27,29-30,32-36,38-39,41-48H2,1-3H3/b10-7-,14-11-,19-16-,23-20-,25-24-,31-28-,40-37-. The molecule has 0 amide bonds. The molecule has 0 spiro atoms. The molecular formula is C51H86O5. The first-order valence-electron chi connectivity index (χ1n) is 23.1. The molecule has 0 aromatic carbocycles. The Morgan fingerprint density at radius 1 is 0.411 bits per heavy atom. The molecule has 0 saturated heterocycles. The number of esters is 2. The molecule has 0 aliphatic carbocycles. The number of unbranched alkanes of at least 4 members (excludes halogenated alkanes) is 16. The van der Waals surface area contributed by atoms with Crippen molar-refractivity contribution in [3.8, 4) is 0 Å². The molecule has 0 aliphatic heterocycles. The predicted molar refractivity (Wildman–Crippen MR) is 242 cm³/mol.